The SMILES string of the molecule is O[CH-]C(O)C(O)[C-]1CCC1CO.[Y]. The summed E-state index contributed by atoms with van der Waals surface area (Å²) in [4.78, 5) is 0. The van der Waals surface area contributed by atoms with E-state index in [2.05, 4.69) is 0 Å². The van der Waals surface area contributed by atoms with E-state index in [1.54, 1.807) is 0 Å². The minimum atomic E-state index is -1.23. The van der Waals surface area contributed by atoms with E-state index in [1.807, 2.05) is 0 Å². The molecular weight excluding hydrogens is 249 g/mol. The van der Waals surface area contributed by atoms with Gasteiger partial charge in [-0.3, -0.25) is 5.92 Å². The molecule has 0 aromatic rings. The second-order valence-corrected chi connectivity index (χ2v) is 3.08. The van der Waals surface area contributed by atoms with Crippen molar-refractivity contribution in [2.24, 2.45) is 5.92 Å². The molecule has 0 spiro atoms. The molecule has 0 bridgehead atoms. The van der Waals surface area contributed by atoms with Gasteiger partial charge in [0.1, 0.15) is 0 Å². The van der Waals surface area contributed by atoms with Crippen LogP contribution in [-0.2, 0) is 32.7 Å². The molecule has 1 saturated carbocycles. The average molecular weight is 263 g/mol. The maximum Gasteiger partial charge on any atom is 0.0190 e. The van der Waals surface area contributed by atoms with E-state index in [1.165, 1.54) is 0 Å². The largest absolute Gasteiger partial charge is 0.564 e. The summed E-state index contributed by atoms with van der Waals surface area (Å²) in [5.74, 6) is 0.727. The monoisotopic (exact) mass is 263 g/mol. The summed E-state index contributed by atoms with van der Waals surface area (Å²) in [7, 11) is 0. The molecule has 5 heteroatoms. The van der Waals surface area contributed by atoms with Crippen molar-refractivity contribution in [1.82, 2.24) is 0 Å². The van der Waals surface area contributed by atoms with Crippen molar-refractivity contribution in [3.63, 3.8) is 0 Å². The maximum atomic E-state index is 9.35. The van der Waals surface area contributed by atoms with Gasteiger partial charge in [-0.2, -0.15) is 13.0 Å². The summed E-state index contributed by atoms with van der Waals surface area (Å²) in [6.45, 7) is 0.564. The van der Waals surface area contributed by atoms with E-state index in [-0.39, 0.29) is 45.2 Å². The number of rotatable bonds is 4. The average Bonchev–Trinajstić information content (AvgIpc) is 2.02. The second kappa shape index (κ2) is 6.43. The fraction of sp³-hybridized carbons (Fsp3) is 0.750. The van der Waals surface area contributed by atoms with Crippen LogP contribution in [0.3, 0.4) is 0 Å². The standard InChI is InChI=1S/C8H14O4.Y/c9-3-5-1-2-6(5)8(12)7(11)4-10;/h4-5,7-12H,1-3H2;/q-2;. The Morgan fingerprint density at radius 3 is 2.38 bits per heavy atom. The summed E-state index contributed by atoms with van der Waals surface area (Å²) in [5.41, 5.74) is 0. The molecule has 3 unspecified atom stereocenters. The van der Waals surface area contributed by atoms with Crippen LogP contribution in [0, 0.1) is 18.4 Å². The van der Waals surface area contributed by atoms with Crippen LogP contribution in [-0.4, -0.2) is 39.2 Å². The Bertz CT molecular complexity index is 135. The predicted molar refractivity (Wildman–Crippen MR) is 41.3 cm³/mol. The normalized spacial score (nSPS) is 27.2. The van der Waals surface area contributed by atoms with Crippen molar-refractivity contribution in [2.45, 2.75) is 25.0 Å². The molecule has 0 saturated heterocycles. The molecule has 4 N–H and O–H groups in total. The van der Waals surface area contributed by atoms with Crippen molar-refractivity contribution in [1.29, 1.82) is 0 Å². The zero-order valence-corrected chi connectivity index (χ0v) is 10.1. The molecule has 13 heavy (non-hydrogen) atoms. The third-order valence-corrected chi connectivity index (χ3v) is 2.38. The molecule has 1 fully saturated rings. The minimum Gasteiger partial charge on any atom is -0.564 e. The van der Waals surface area contributed by atoms with Gasteiger partial charge in [0, 0.05) is 39.3 Å². The summed E-state index contributed by atoms with van der Waals surface area (Å²) in [5, 5.41) is 35.6. The van der Waals surface area contributed by atoms with Crippen molar-refractivity contribution < 1.29 is 53.1 Å². The number of hydrogen-bond acceptors (Lipinski definition) is 4. The van der Waals surface area contributed by atoms with Crippen LogP contribution in [0.2, 0.25) is 0 Å². The van der Waals surface area contributed by atoms with Crippen LogP contribution in [0.25, 0.3) is 0 Å². The molecule has 75 valence electrons. The Kier molecular flexibility index (Phi) is 6.90. The molecule has 0 aromatic carbocycles. The molecule has 3 atom stereocenters. The van der Waals surface area contributed by atoms with E-state index in [9.17, 15) is 5.11 Å². The fourth-order valence-corrected chi connectivity index (χ4v) is 1.41. The second-order valence-electron chi connectivity index (χ2n) is 3.08. The molecule has 4 nitrogen and oxygen atoms in total. The van der Waals surface area contributed by atoms with Gasteiger partial charge in [0.15, 0.2) is 0 Å². The van der Waals surface area contributed by atoms with Crippen LogP contribution < -0.4 is 0 Å². The molecule has 0 amide bonds. The molecule has 1 rings (SSSR count). The van der Waals surface area contributed by atoms with E-state index < -0.39 is 12.2 Å². The zero-order chi connectivity index (χ0) is 9.14. The Balaban J connectivity index is 0.00000144. The third kappa shape index (κ3) is 3.22. The van der Waals surface area contributed by atoms with Gasteiger partial charge in [-0.1, -0.05) is 6.10 Å². The number of aliphatic hydroxyl groups excluding tert-OH is 4. The van der Waals surface area contributed by atoms with Gasteiger partial charge in [0.25, 0.3) is 0 Å². The predicted octanol–water partition coefficient (Wildman–Crippen LogP) is -0.783. The summed E-state index contributed by atoms with van der Waals surface area (Å²) >= 11 is 0. The third-order valence-electron chi connectivity index (χ3n) is 2.38. The summed E-state index contributed by atoms with van der Waals surface area (Å²) in [6.07, 6.45) is -0.687. The molecule has 1 aliphatic rings. The first-order valence-corrected chi connectivity index (χ1v) is 4.00. The van der Waals surface area contributed by atoms with Gasteiger partial charge in [0.05, 0.1) is 0 Å². The molecule has 0 aliphatic heterocycles. The van der Waals surface area contributed by atoms with Crippen molar-refractivity contribution >= 4 is 0 Å². The molecule has 1 radical (unpaired) electrons. The van der Waals surface area contributed by atoms with Gasteiger partial charge in [0.2, 0.25) is 0 Å². The van der Waals surface area contributed by atoms with E-state index in [0.717, 1.165) is 18.8 Å². The molecule has 0 heterocycles. The Morgan fingerprint density at radius 1 is 1.46 bits per heavy atom. The fourth-order valence-electron chi connectivity index (χ4n) is 1.41. The Labute approximate surface area is 103 Å². The van der Waals surface area contributed by atoms with Crippen molar-refractivity contribution in [3.05, 3.63) is 12.5 Å². The van der Waals surface area contributed by atoms with Gasteiger partial charge in [-0.15, -0.1) is 12.3 Å². The van der Waals surface area contributed by atoms with E-state index in [4.69, 9.17) is 15.3 Å². The quantitative estimate of drug-likeness (QED) is 0.501. The van der Waals surface area contributed by atoms with Gasteiger partial charge in [-0.25, -0.2) is 0 Å². The van der Waals surface area contributed by atoms with Gasteiger partial charge in [-0.05, 0) is 6.10 Å². The topological polar surface area (TPSA) is 80.9 Å². The first kappa shape index (κ1) is 13.9. The summed E-state index contributed by atoms with van der Waals surface area (Å²) < 4.78 is 0. The van der Waals surface area contributed by atoms with Crippen LogP contribution >= 0.6 is 0 Å². The smallest absolute Gasteiger partial charge is 0.0190 e. The van der Waals surface area contributed by atoms with Crippen LogP contribution in [0.4, 0.5) is 0 Å². The molecule has 1 aliphatic carbocycles. The van der Waals surface area contributed by atoms with Crippen LogP contribution in [0.15, 0.2) is 0 Å². The maximum absolute atomic E-state index is 9.35. The van der Waals surface area contributed by atoms with Crippen LogP contribution in [0.5, 0.6) is 0 Å². The first-order valence-electron chi connectivity index (χ1n) is 4.00. The van der Waals surface area contributed by atoms with Gasteiger partial charge >= 0.3 is 0 Å². The minimum absolute atomic E-state index is 0. The summed E-state index contributed by atoms with van der Waals surface area (Å²) in [6, 6.07) is 0. The van der Waals surface area contributed by atoms with Crippen molar-refractivity contribution in [2.75, 3.05) is 6.61 Å². The van der Waals surface area contributed by atoms with E-state index >= 15 is 0 Å². The molecular formula is C8H14O4Y-2. The first-order chi connectivity index (χ1) is 5.70. The Morgan fingerprint density at radius 2 is 2.08 bits per heavy atom. The van der Waals surface area contributed by atoms with E-state index in [0.29, 0.717) is 6.61 Å². The Hall–Kier alpha value is 0.944. The van der Waals surface area contributed by atoms with Gasteiger partial charge < -0.3 is 20.4 Å². The van der Waals surface area contributed by atoms with Crippen LogP contribution in [0.1, 0.15) is 12.8 Å². The zero-order valence-electron chi connectivity index (χ0n) is 7.30. The number of aliphatic hydroxyl groups is 4. The number of hydrogen-bond donors (Lipinski definition) is 4. The molecule has 0 aromatic heterocycles. The van der Waals surface area contributed by atoms with Crippen molar-refractivity contribution in [3.8, 4) is 0 Å².